The lowest BCUT2D eigenvalue weighted by Crippen LogP contribution is -1.98. The molecule has 0 atom stereocenters. The van der Waals surface area contributed by atoms with Crippen LogP contribution in [0.4, 0.5) is 0 Å². The molecule has 1 aliphatic rings. The van der Waals surface area contributed by atoms with Crippen LogP contribution in [0.2, 0.25) is 0 Å². The van der Waals surface area contributed by atoms with Crippen LogP contribution < -0.4 is 0 Å². The maximum absolute atomic E-state index is 11.0. The predicted molar refractivity (Wildman–Crippen MR) is 63.3 cm³/mol. The van der Waals surface area contributed by atoms with Crippen molar-refractivity contribution < 1.29 is 4.79 Å². The first-order valence-corrected chi connectivity index (χ1v) is 5.84. The number of rotatable bonds is 2. The van der Waals surface area contributed by atoms with Crippen LogP contribution in [0.25, 0.3) is 10.9 Å². The molecule has 0 radical (unpaired) electrons. The van der Waals surface area contributed by atoms with E-state index in [4.69, 9.17) is 0 Å². The number of carbonyl (C=O) groups is 1. The number of nitrogens with zero attached hydrogens (tertiary/aromatic N) is 1. The van der Waals surface area contributed by atoms with Crippen LogP contribution in [-0.2, 0) is 0 Å². The number of fused-ring (bicyclic) bond motifs is 1. The average Bonchev–Trinajstić information content (AvgIpc) is 2.99. The van der Waals surface area contributed by atoms with Gasteiger partial charge in [0.25, 0.3) is 0 Å². The second-order valence-corrected chi connectivity index (χ2v) is 4.91. The Balaban J connectivity index is 2.34. The zero-order valence-electron chi connectivity index (χ0n) is 8.11. The largest absolute Gasteiger partial charge is 0.335 e. The minimum absolute atomic E-state index is 0.539. The molecular weight excluding hydrogens is 254 g/mol. The molecule has 3 rings (SSSR count). The zero-order chi connectivity index (χ0) is 10.4. The molecule has 1 aromatic heterocycles. The fourth-order valence-electron chi connectivity index (χ4n) is 2.05. The Hall–Kier alpha value is -1.09. The third-order valence-corrected chi connectivity index (χ3v) is 3.36. The Morgan fingerprint density at radius 3 is 2.80 bits per heavy atom. The van der Waals surface area contributed by atoms with Gasteiger partial charge >= 0.3 is 0 Å². The SMILES string of the molecule is O=Cc1cc2ccc(Br)cc2n1C1CC1. The summed E-state index contributed by atoms with van der Waals surface area (Å²) >= 11 is 3.47. The molecule has 0 N–H and O–H groups in total. The molecule has 1 saturated carbocycles. The summed E-state index contributed by atoms with van der Waals surface area (Å²) in [6, 6.07) is 8.64. The van der Waals surface area contributed by atoms with E-state index in [0.29, 0.717) is 6.04 Å². The van der Waals surface area contributed by atoms with E-state index in [2.05, 4.69) is 26.6 Å². The third-order valence-electron chi connectivity index (χ3n) is 2.87. The van der Waals surface area contributed by atoms with Crippen molar-refractivity contribution in [2.75, 3.05) is 0 Å². The van der Waals surface area contributed by atoms with E-state index in [9.17, 15) is 4.79 Å². The summed E-state index contributed by atoms with van der Waals surface area (Å²) in [5, 5.41) is 1.15. The van der Waals surface area contributed by atoms with Crippen molar-refractivity contribution in [2.45, 2.75) is 18.9 Å². The van der Waals surface area contributed by atoms with Gasteiger partial charge in [0.15, 0.2) is 6.29 Å². The molecule has 0 saturated heterocycles. The Bertz CT molecular complexity index is 540. The lowest BCUT2D eigenvalue weighted by Gasteiger charge is -2.04. The molecule has 1 fully saturated rings. The lowest BCUT2D eigenvalue weighted by molar-refractivity contribution is 0.111. The summed E-state index contributed by atoms with van der Waals surface area (Å²) in [5.41, 5.74) is 1.96. The van der Waals surface area contributed by atoms with Crippen molar-refractivity contribution in [3.63, 3.8) is 0 Å². The second-order valence-electron chi connectivity index (χ2n) is 3.99. The molecule has 1 heterocycles. The number of aldehydes is 1. The van der Waals surface area contributed by atoms with Gasteiger partial charge in [0.2, 0.25) is 0 Å². The number of hydrogen-bond acceptors (Lipinski definition) is 1. The molecule has 0 bridgehead atoms. The molecule has 2 aromatic rings. The van der Waals surface area contributed by atoms with Crippen LogP contribution in [0, 0.1) is 0 Å². The first kappa shape index (κ1) is 9.16. The number of halogens is 1. The van der Waals surface area contributed by atoms with Gasteiger partial charge in [-0.1, -0.05) is 22.0 Å². The van der Waals surface area contributed by atoms with E-state index in [1.54, 1.807) is 0 Å². The molecule has 2 nitrogen and oxygen atoms in total. The van der Waals surface area contributed by atoms with Gasteiger partial charge in [-0.05, 0) is 31.0 Å². The van der Waals surface area contributed by atoms with Gasteiger partial charge in [-0.15, -0.1) is 0 Å². The highest BCUT2D eigenvalue weighted by Gasteiger charge is 2.27. The van der Waals surface area contributed by atoms with Crippen LogP contribution >= 0.6 is 15.9 Å². The van der Waals surface area contributed by atoms with Crippen LogP contribution in [0.3, 0.4) is 0 Å². The minimum atomic E-state index is 0.539. The van der Waals surface area contributed by atoms with Crippen molar-refractivity contribution in [1.29, 1.82) is 0 Å². The fourth-order valence-corrected chi connectivity index (χ4v) is 2.40. The van der Waals surface area contributed by atoms with Gasteiger partial charge in [0, 0.05) is 21.4 Å². The first-order valence-electron chi connectivity index (χ1n) is 5.05. The first-order chi connectivity index (χ1) is 7.29. The molecule has 0 aliphatic heterocycles. The van der Waals surface area contributed by atoms with Gasteiger partial charge in [-0.3, -0.25) is 4.79 Å². The summed E-state index contributed by atoms with van der Waals surface area (Å²) in [5.74, 6) is 0. The average molecular weight is 264 g/mol. The van der Waals surface area contributed by atoms with Crippen LogP contribution in [0.1, 0.15) is 29.4 Å². The van der Waals surface area contributed by atoms with E-state index < -0.39 is 0 Å². The third kappa shape index (κ3) is 1.42. The van der Waals surface area contributed by atoms with E-state index in [0.717, 1.165) is 27.4 Å². The molecule has 3 heteroatoms. The molecule has 15 heavy (non-hydrogen) atoms. The molecule has 0 amide bonds. The second kappa shape index (κ2) is 3.20. The summed E-state index contributed by atoms with van der Waals surface area (Å²) in [7, 11) is 0. The lowest BCUT2D eigenvalue weighted by atomic mass is 10.2. The van der Waals surface area contributed by atoms with Crippen molar-refractivity contribution >= 4 is 33.1 Å². The number of benzene rings is 1. The topological polar surface area (TPSA) is 22.0 Å². The molecule has 1 aromatic carbocycles. The van der Waals surface area contributed by atoms with E-state index in [-0.39, 0.29) is 0 Å². The Labute approximate surface area is 96.0 Å². The Morgan fingerprint density at radius 1 is 1.33 bits per heavy atom. The smallest absolute Gasteiger partial charge is 0.166 e. The van der Waals surface area contributed by atoms with E-state index >= 15 is 0 Å². The number of aromatic nitrogens is 1. The predicted octanol–water partition coefficient (Wildman–Crippen LogP) is 3.55. The quantitative estimate of drug-likeness (QED) is 0.760. The molecule has 1 aliphatic carbocycles. The van der Waals surface area contributed by atoms with Gasteiger partial charge < -0.3 is 4.57 Å². The van der Waals surface area contributed by atoms with Crippen molar-refractivity contribution in [3.05, 3.63) is 34.4 Å². The number of hydrogen-bond donors (Lipinski definition) is 0. The summed E-state index contributed by atoms with van der Waals surface area (Å²) in [4.78, 5) is 11.0. The van der Waals surface area contributed by atoms with Crippen LogP contribution in [-0.4, -0.2) is 10.9 Å². The van der Waals surface area contributed by atoms with Crippen LogP contribution in [0.15, 0.2) is 28.7 Å². The molecule has 76 valence electrons. The molecule has 0 unspecified atom stereocenters. The van der Waals surface area contributed by atoms with Gasteiger partial charge in [-0.2, -0.15) is 0 Å². The molecular formula is C12H10BrNO. The Morgan fingerprint density at radius 2 is 2.13 bits per heavy atom. The maximum Gasteiger partial charge on any atom is 0.166 e. The van der Waals surface area contributed by atoms with E-state index in [1.165, 1.54) is 12.8 Å². The van der Waals surface area contributed by atoms with Crippen LogP contribution in [0.5, 0.6) is 0 Å². The van der Waals surface area contributed by atoms with Crippen molar-refractivity contribution in [3.8, 4) is 0 Å². The highest BCUT2D eigenvalue weighted by molar-refractivity contribution is 9.10. The number of carbonyl (C=O) groups excluding carboxylic acids is 1. The standard InChI is InChI=1S/C12H10BrNO/c13-9-2-1-8-5-11(7-15)14(10-3-4-10)12(8)6-9/h1-2,5-7,10H,3-4H2. The van der Waals surface area contributed by atoms with Gasteiger partial charge in [0.05, 0.1) is 5.69 Å². The highest BCUT2D eigenvalue weighted by Crippen LogP contribution is 2.39. The monoisotopic (exact) mass is 263 g/mol. The summed E-state index contributed by atoms with van der Waals surface area (Å²) in [6.07, 6.45) is 3.33. The summed E-state index contributed by atoms with van der Waals surface area (Å²) in [6.45, 7) is 0. The minimum Gasteiger partial charge on any atom is -0.335 e. The normalized spacial score (nSPS) is 15.8. The fraction of sp³-hybridized carbons (Fsp3) is 0.250. The van der Waals surface area contributed by atoms with Gasteiger partial charge in [0.1, 0.15) is 0 Å². The van der Waals surface area contributed by atoms with E-state index in [1.807, 2.05) is 18.2 Å². The maximum atomic E-state index is 11.0. The zero-order valence-corrected chi connectivity index (χ0v) is 9.70. The molecule has 0 spiro atoms. The highest BCUT2D eigenvalue weighted by atomic mass is 79.9. The summed E-state index contributed by atoms with van der Waals surface area (Å²) < 4.78 is 3.22. The van der Waals surface area contributed by atoms with Crippen molar-refractivity contribution in [2.24, 2.45) is 0 Å². The Kier molecular flexibility index (Phi) is 1.96. The van der Waals surface area contributed by atoms with Crippen molar-refractivity contribution in [1.82, 2.24) is 4.57 Å². The van der Waals surface area contributed by atoms with Gasteiger partial charge in [-0.25, -0.2) is 0 Å².